The Balaban J connectivity index is 2.39. The SMILES string of the molecule is C=C(c1cccc(C)c1)c1cc(C)ccc1CCCS. The second-order valence-electron chi connectivity index (χ2n) is 5.34. The predicted octanol–water partition coefficient (Wildman–Crippen LogP) is 5.23. The van der Waals surface area contributed by atoms with Gasteiger partial charge in [-0.05, 0) is 54.7 Å². The Kier molecular flexibility index (Phi) is 5.08. The number of benzene rings is 2. The molecule has 0 saturated heterocycles. The van der Waals surface area contributed by atoms with E-state index in [1.54, 1.807) is 0 Å². The lowest BCUT2D eigenvalue weighted by Crippen LogP contribution is -1.97. The highest BCUT2D eigenvalue weighted by molar-refractivity contribution is 7.80. The van der Waals surface area contributed by atoms with Crippen LogP contribution in [0.3, 0.4) is 0 Å². The Morgan fingerprint density at radius 3 is 2.50 bits per heavy atom. The van der Waals surface area contributed by atoms with Crippen LogP contribution >= 0.6 is 12.6 Å². The van der Waals surface area contributed by atoms with E-state index in [-0.39, 0.29) is 0 Å². The van der Waals surface area contributed by atoms with Gasteiger partial charge in [-0.15, -0.1) is 0 Å². The van der Waals surface area contributed by atoms with Gasteiger partial charge in [-0.1, -0.05) is 60.2 Å². The first-order valence-corrected chi connectivity index (χ1v) is 7.72. The second kappa shape index (κ2) is 6.81. The van der Waals surface area contributed by atoms with E-state index in [1.807, 2.05) is 0 Å². The van der Waals surface area contributed by atoms with Crippen LogP contribution in [-0.2, 0) is 6.42 Å². The first-order valence-electron chi connectivity index (χ1n) is 7.08. The zero-order chi connectivity index (χ0) is 14.5. The van der Waals surface area contributed by atoms with Crippen LogP contribution in [0.2, 0.25) is 0 Å². The fraction of sp³-hybridized carbons (Fsp3) is 0.263. The van der Waals surface area contributed by atoms with Gasteiger partial charge in [0, 0.05) is 0 Å². The molecule has 0 saturated carbocycles. The molecule has 20 heavy (non-hydrogen) atoms. The van der Waals surface area contributed by atoms with Crippen LogP contribution < -0.4 is 0 Å². The van der Waals surface area contributed by atoms with Crippen LogP contribution in [0.25, 0.3) is 5.57 Å². The van der Waals surface area contributed by atoms with Gasteiger partial charge in [0.25, 0.3) is 0 Å². The molecule has 0 heterocycles. The van der Waals surface area contributed by atoms with Crippen molar-refractivity contribution in [2.24, 2.45) is 0 Å². The van der Waals surface area contributed by atoms with E-state index in [4.69, 9.17) is 0 Å². The Morgan fingerprint density at radius 1 is 1.05 bits per heavy atom. The van der Waals surface area contributed by atoms with E-state index in [9.17, 15) is 0 Å². The van der Waals surface area contributed by atoms with E-state index in [0.717, 1.165) is 24.2 Å². The normalized spacial score (nSPS) is 10.6. The lowest BCUT2D eigenvalue weighted by Gasteiger charge is -2.14. The minimum Gasteiger partial charge on any atom is -0.179 e. The van der Waals surface area contributed by atoms with Crippen molar-refractivity contribution in [3.63, 3.8) is 0 Å². The average molecular weight is 282 g/mol. The van der Waals surface area contributed by atoms with Gasteiger partial charge in [-0.2, -0.15) is 12.6 Å². The standard InChI is InChI=1S/C19H22S/c1-14-6-4-7-18(12-14)16(3)19-13-15(2)9-10-17(19)8-5-11-20/h4,6-7,9-10,12-13,20H,3,5,8,11H2,1-2H3. The predicted molar refractivity (Wildman–Crippen MR) is 92.7 cm³/mol. The van der Waals surface area contributed by atoms with Gasteiger partial charge < -0.3 is 0 Å². The number of rotatable bonds is 5. The third-order valence-corrected chi connectivity index (χ3v) is 3.88. The lowest BCUT2D eigenvalue weighted by molar-refractivity contribution is 0.931. The summed E-state index contributed by atoms with van der Waals surface area (Å²) in [6, 6.07) is 15.2. The third-order valence-electron chi connectivity index (χ3n) is 3.56. The van der Waals surface area contributed by atoms with Crippen LogP contribution in [0.4, 0.5) is 0 Å². The molecule has 0 bridgehead atoms. The van der Waals surface area contributed by atoms with Crippen LogP contribution in [0.5, 0.6) is 0 Å². The minimum absolute atomic E-state index is 0.921. The highest BCUT2D eigenvalue weighted by atomic mass is 32.1. The van der Waals surface area contributed by atoms with Gasteiger partial charge in [0.15, 0.2) is 0 Å². The molecule has 104 valence electrons. The largest absolute Gasteiger partial charge is 0.179 e. The molecule has 0 amide bonds. The van der Waals surface area contributed by atoms with Crippen LogP contribution in [0, 0.1) is 13.8 Å². The molecule has 0 atom stereocenters. The van der Waals surface area contributed by atoms with Crippen molar-refractivity contribution in [3.8, 4) is 0 Å². The summed E-state index contributed by atoms with van der Waals surface area (Å²) in [6.45, 7) is 8.58. The Bertz CT molecular complexity index is 611. The molecule has 0 aliphatic carbocycles. The molecule has 2 aromatic rings. The lowest BCUT2D eigenvalue weighted by atomic mass is 9.91. The molecule has 2 rings (SSSR count). The summed E-state index contributed by atoms with van der Waals surface area (Å²) < 4.78 is 0. The summed E-state index contributed by atoms with van der Waals surface area (Å²) in [4.78, 5) is 0. The molecule has 0 N–H and O–H groups in total. The summed E-state index contributed by atoms with van der Waals surface area (Å²) in [5, 5.41) is 0. The number of thiol groups is 1. The smallest absolute Gasteiger partial charge is 0.00947 e. The van der Waals surface area contributed by atoms with Gasteiger partial charge >= 0.3 is 0 Å². The summed E-state index contributed by atoms with van der Waals surface area (Å²) in [6.07, 6.45) is 2.16. The van der Waals surface area contributed by atoms with Crippen molar-refractivity contribution in [1.29, 1.82) is 0 Å². The Morgan fingerprint density at radius 2 is 1.80 bits per heavy atom. The summed E-state index contributed by atoms with van der Waals surface area (Å²) in [7, 11) is 0. The number of aryl methyl sites for hydroxylation is 3. The quantitative estimate of drug-likeness (QED) is 0.713. The van der Waals surface area contributed by atoms with Gasteiger partial charge in [0.2, 0.25) is 0 Å². The average Bonchev–Trinajstić information content (AvgIpc) is 2.45. The van der Waals surface area contributed by atoms with Gasteiger partial charge in [-0.3, -0.25) is 0 Å². The highest BCUT2D eigenvalue weighted by Crippen LogP contribution is 2.27. The fourth-order valence-electron chi connectivity index (χ4n) is 2.45. The summed E-state index contributed by atoms with van der Waals surface area (Å²) >= 11 is 4.32. The van der Waals surface area contributed by atoms with Crippen molar-refractivity contribution >= 4 is 18.2 Å². The molecule has 0 aromatic heterocycles. The van der Waals surface area contributed by atoms with Crippen LogP contribution in [0.1, 0.15) is 34.2 Å². The van der Waals surface area contributed by atoms with E-state index in [1.165, 1.54) is 27.8 Å². The molecule has 0 unspecified atom stereocenters. The Labute approximate surface area is 128 Å². The van der Waals surface area contributed by atoms with Crippen LogP contribution in [-0.4, -0.2) is 5.75 Å². The van der Waals surface area contributed by atoms with Crippen LogP contribution in [0.15, 0.2) is 49.0 Å². The van der Waals surface area contributed by atoms with Gasteiger partial charge in [0.05, 0.1) is 0 Å². The summed E-state index contributed by atoms with van der Waals surface area (Å²) in [5.74, 6) is 0.921. The van der Waals surface area contributed by atoms with Crippen molar-refractivity contribution < 1.29 is 0 Å². The fourth-order valence-corrected chi connectivity index (χ4v) is 2.61. The zero-order valence-corrected chi connectivity index (χ0v) is 13.2. The molecular weight excluding hydrogens is 260 g/mol. The number of hydrogen-bond donors (Lipinski definition) is 1. The maximum atomic E-state index is 4.33. The monoisotopic (exact) mass is 282 g/mol. The van der Waals surface area contributed by atoms with Gasteiger partial charge in [-0.25, -0.2) is 0 Å². The van der Waals surface area contributed by atoms with Crippen molar-refractivity contribution in [1.82, 2.24) is 0 Å². The number of hydrogen-bond acceptors (Lipinski definition) is 1. The third kappa shape index (κ3) is 3.55. The maximum Gasteiger partial charge on any atom is -0.00947 e. The minimum atomic E-state index is 0.921. The molecular formula is C19H22S. The van der Waals surface area contributed by atoms with Crippen molar-refractivity contribution in [2.75, 3.05) is 5.75 Å². The molecule has 0 spiro atoms. The molecule has 0 aliphatic heterocycles. The Hall–Kier alpha value is -1.47. The molecule has 0 aliphatic rings. The highest BCUT2D eigenvalue weighted by Gasteiger charge is 2.08. The van der Waals surface area contributed by atoms with E-state index >= 15 is 0 Å². The molecule has 0 nitrogen and oxygen atoms in total. The van der Waals surface area contributed by atoms with Crippen molar-refractivity contribution in [3.05, 3.63) is 76.9 Å². The summed E-state index contributed by atoms with van der Waals surface area (Å²) in [5.41, 5.74) is 7.53. The molecule has 0 radical (unpaired) electrons. The van der Waals surface area contributed by atoms with E-state index < -0.39 is 0 Å². The van der Waals surface area contributed by atoms with E-state index in [2.05, 4.69) is 75.5 Å². The second-order valence-corrected chi connectivity index (χ2v) is 5.78. The first kappa shape index (κ1) is 14.9. The van der Waals surface area contributed by atoms with Crippen molar-refractivity contribution in [2.45, 2.75) is 26.7 Å². The zero-order valence-electron chi connectivity index (χ0n) is 12.3. The van der Waals surface area contributed by atoms with Gasteiger partial charge in [0.1, 0.15) is 0 Å². The molecule has 1 heteroatoms. The van der Waals surface area contributed by atoms with E-state index in [0.29, 0.717) is 0 Å². The topological polar surface area (TPSA) is 0 Å². The molecule has 2 aromatic carbocycles. The first-order chi connectivity index (χ1) is 9.61. The maximum absolute atomic E-state index is 4.33. The molecule has 0 fully saturated rings.